The SMILES string of the molecule is COc1cc(Nc2ccc(CNC(=O)C3CNC(=O)C3)cc2)ccc1N1CCC(C)CC1. The Morgan fingerprint density at radius 2 is 1.84 bits per heavy atom. The Hall–Kier alpha value is -3.22. The second kappa shape index (κ2) is 9.94. The summed E-state index contributed by atoms with van der Waals surface area (Å²) in [5.41, 5.74) is 4.09. The minimum Gasteiger partial charge on any atom is -0.495 e. The normalized spacial score (nSPS) is 18.9. The van der Waals surface area contributed by atoms with Gasteiger partial charge in [0.2, 0.25) is 11.8 Å². The molecule has 2 amide bonds. The molecule has 2 fully saturated rings. The number of amides is 2. The molecule has 170 valence electrons. The van der Waals surface area contributed by atoms with Gasteiger partial charge in [-0.2, -0.15) is 0 Å². The molecule has 0 bridgehead atoms. The molecule has 0 radical (unpaired) electrons. The van der Waals surface area contributed by atoms with Crippen LogP contribution in [0.25, 0.3) is 0 Å². The largest absolute Gasteiger partial charge is 0.495 e. The van der Waals surface area contributed by atoms with E-state index in [1.807, 2.05) is 30.3 Å². The Morgan fingerprint density at radius 1 is 1.12 bits per heavy atom. The average molecular weight is 437 g/mol. The topological polar surface area (TPSA) is 82.7 Å². The molecule has 0 aliphatic carbocycles. The van der Waals surface area contributed by atoms with E-state index < -0.39 is 0 Å². The van der Waals surface area contributed by atoms with Gasteiger partial charge in [-0.25, -0.2) is 0 Å². The zero-order chi connectivity index (χ0) is 22.5. The van der Waals surface area contributed by atoms with Crippen molar-refractivity contribution in [1.82, 2.24) is 10.6 Å². The molecule has 2 heterocycles. The van der Waals surface area contributed by atoms with E-state index in [1.165, 1.54) is 12.8 Å². The first kappa shape index (κ1) is 22.0. The van der Waals surface area contributed by atoms with Crippen LogP contribution >= 0.6 is 0 Å². The summed E-state index contributed by atoms with van der Waals surface area (Å²) in [7, 11) is 1.72. The maximum Gasteiger partial charge on any atom is 0.225 e. The van der Waals surface area contributed by atoms with Crippen molar-refractivity contribution in [2.45, 2.75) is 32.7 Å². The lowest BCUT2D eigenvalue weighted by molar-refractivity contribution is -0.126. The molecule has 2 saturated heterocycles. The van der Waals surface area contributed by atoms with Gasteiger partial charge in [-0.1, -0.05) is 19.1 Å². The zero-order valence-electron chi connectivity index (χ0n) is 18.8. The van der Waals surface area contributed by atoms with E-state index in [4.69, 9.17) is 4.74 Å². The Kier molecular flexibility index (Phi) is 6.83. The van der Waals surface area contributed by atoms with Crippen LogP contribution in [0.1, 0.15) is 31.7 Å². The number of nitrogens with one attached hydrogen (secondary N) is 3. The summed E-state index contributed by atoms with van der Waals surface area (Å²) in [4.78, 5) is 25.8. The second-order valence-corrected chi connectivity index (χ2v) is 8.80. The molecule has 2 aromatic rings. The van der Waals surface area contributed by atoms with Crippen molar-refractivity contribution in [2.75, 3.05) is 37.0 Å². The van der Waals surface area contributed by atoms with Crippen LogP contribution < -0.4 is 25.6 Å². The van der Waals surface area contributed by atoms with Gasteiger partial charge in [0.1, 0.15) is 5.75 Å². The molecule has 0 aromatic heterocycles. The lowest BCUT2D eigenvalue weighted by atomic mass is 9.98. The molecule has 3 N–H and O–H groups in total. The van der Waals surface area contributed by atoms with Crippen molar-refractivity contribution in [3.63, 3.8) is 0 Å². The number of rotatable bonds is 7. The lowest BCUT2D eigenvalue weighted by Gasteiger charge is -2.33. The molecule has 7 heteroatoms. The molecule has 0 spiro atoms. The summed E-state index contributed by atoms with van der Waals surface area (Å²) in [6, 6.07) is 14.2. The van der Waals surface area contributed by atoms with Crippen LogP contribution in [0.2, 0.25) is 0 Å². The van der Waals surface area contributed by atoms with Gasteiger partial charge in [0, 0.05) is 50.0 Å². The number of hydrogen-bond donors (Lipinski definition) is 3. The van der Waals surface area contributed by atoms with Crippen LogP contribution in [0.4, 0.5) is 17.1 Å². The number of nitrogens with zero attached hydrogens (tertiary/aromatic N) is 1. The maximum absolute atomic E-state index is 12.2. The number of carbonyl (C=O) groups is 2. The fourth-order valence-corrected chi connectivity index (χ4v) is 4.26. The lowest BCUT2D eigenvalue weighted by Crippen LogP contribution is -2.32. The van der Waals surface area contributed by atoms with Gasteiger partial charge in [0.15, 0.2) is 0 Å². The molecule has 2 aromatic carbocycles. The third-order valence-corrected chi connectivity index (χ3v) is 6.36. The smallest absolute Gasteiger partial charge is 0.225 e. The van der Waals surface area contributed by atoms with Gasteiger partial charge in [0.05, 0.1) is 18.7 Å². The van der Waals surface area contributed by atoms with E-state index >= 15 is 0 Å². The van der Waals surface area contributed by atoms with Crippen molar-refractivity contribution in [1.29, 1.82) is 0 Å². The third-order valence-electron chi connectivity index (χ3n) is 6.36. The van der Waals surface area contributed by atoms with Crippen LogP contribution in [0.3, 0.4) is 0 Å². The highest BCUT2D eigenvalue weighted by molar-refractivity contribution is 5.89. The number of piperidine rings is 1. The maximum atomic E-state index is 12.2. The highest BCUT2D eigenvalue weighted by atomic mass is 16.5. The Balaban J connectivity index is 1.33. The second-order valence-electron chi connectivity index (χ2n) is 8.80. The van der Waals surface area contributed by atoms with Crippen LogP contribution in [-0.2, 0) is 16.1 Å². The summed E-state index contributed by atoms with van der Waals surface area (Å²) in [5.74, 6) is 1.26. The number of anilines is 3. The van der Waals surface area contributed by atoms with Crippen LogP contribution in [0.15, 0.2) is 42.5 Å². The van der Waals surface area contributed by atoms with Gasteiger partial charge < -0.3 is 25.6 Å². The van der Waals surface area contributed by atoms with Crippen molar-refractivity contribution < 1.29 is 14.3 Å². The monoisotopic (exact) mass is 436 g/mol. The first-order valence-electron chi connectivity index (χ1n) is 11.3. The van der Waals surface area contributed by atoms with Crippen molar-refractivity contribution >= 4 is 28.9 Å². The van der Waals surface area contributed by atoms with Gasteiger partial charge >= 0.3 is 0 Å². The van der Waals surface area contributed by atoms with E-state index in [9.17, 15) is 9.59 Å². The Bertz CT molecular complexity index is 952. The predicted molar refractivity (Wildman–Crippen MR) is 126 cm³/mol. The molecule has 1 unspecified atom stereocenters. The van der Waals surface area contributed by atoms with Crippen LogP contribution in [0, 0.1) is 11.8 Å². The van der Waals surface area contributed by atoms with Gasteiger partial charge in [-0.15, -0.1) is 0 Å². The average Bonchev–Trinajstić information content (AvgIpc) is 3.25. The van der Waals surface area contributed by atoms with Crippen molar-refractivity contribution in [3.05, 3.63) is 48.0 Å². The molecule has 1 atom stereocenters. The van der Waals surface area contributed by atoms with Crippen LogP contribution in [-0.4, -0.2) is 38.6 Å². The summed E-state index contributed by atoms with van der Waals surface area (Å²) >= 11 is 0. The number of ether oxygens (including phenoxy) is 1. The van der Waals surface area contributed by atoms with Gasteiger partial charge in [-0.05, 0) is 48.6 Å². The molecule has 32 heavy (non-hydrogen) atoms. The minimum absolute atomic E-state index is 0.0595. The predicted octanol–water partition coefficient (Wildman–Crippen LogP) is 3.43. The van der Waals surface area contributed by atoms with Gasteiger partial charge in [0.25, 0.3) is 0 Å². The molecular formula is C25H32N4O3. The van der Waals surface area contributed by atoms with E-state index in [2.05, 4.69) is 39.9 Å². The molecular weight excluding hydrogens is 404 g/mol. The summed E-state index contributed by atoms with van der Waals surface area (Å²) < 4.78 is 5.68. The molecule has 2 aliphatic heterocycles. The van der Waals surface area contributed by atoms with E-state index in [0.717, 1.165) is 47.4 Å². The molecule has 7 nitrogen and oxygen atoms in total. The summed E-state index contributed by atoms with van der Waals surface area (Å²) in [6.45, 7) is 5.31. The van der Waals surface area contributed by atoms with Gasteiger partial charge in [-0.3, -0.25) is 9.59 Å². The first-order valence-corrected chi connectivity index (χ1v) is 11.3. The number of carbonyl (C=O) groups excluding carboxylic acids is 2. The number of hydrogen-bond acceptors (Lipinski definition) is 5. The number of benzene rings is 2. The third kappa shape index (κ3) is 5.33. The fraction of sp³-hybridized carbons (Fsp3) is 0.440. The highest BCUT2D eigenvalue weighted by Crippen LogP contribution is 2.34. The number of methoxy groups -OCH3 is 1. The minimum atomic E-state index is -0.269. The summed E-state index contributed by atoms with van der Waals surface area (Å²) in [6.07, 6.45) is 2.70. The Morgan fingerprint density at radius 3 is 2.50 bits per heavy atom. The van der Waals surface area contributed by atoms with E-state index in [0.29, 0.717) is 13.1 Å². The standard InChI is InChI=1S/C25H32N4O3/c1-17-9-11-29(12-10-17)22-8-7-21(14-23(22)32-2)28-20-5-3-18(4-6-20)15-27-25(31)19-13-24(30)26-16-19/h3-8,14,17,19,28H,9-13,15-16H2,1-2H3,(H,26,30)(H,27,31). The van der Waals surface area contributed by atoms with Crippen molar-refractivity contribution in [3.8, 4) is 5.75 Å². The first-order chi connectivity index (χ1) is 15.5. The molecule has 2 aliphatic rings. The zero-order valence-corrected chi connectivity index (χ0v) is 18.8. The summed E-state index contributed by atoms with van der Waals surface area (Å²) in [5, 5.41) is 9.03. The van der Waals surface area contributed by atoms with E-state index in [-0.39, 0.29) is 24.2 Å². The highest BCUT2D eigenvalue weighted by Gasteiger charge is 2.27. The van der Waals surface area contributed by atoms with Crippen molar-refractivity contribution in [2.24, 2.45) is 11.8 Å². The molecule has 4 rings (SSSR count). The molecule has 0 saturated carbocycles. The van der Waals surface area contributed by atoms with Crippen LogP contribution in [0.5, 0.6) is 5.75 Å². The fourth-order valence-electron chi connectivity index (χ4n) is 4.26. The van der Waals surface area contributed by atoms with E-state index in [1.54, 1.807) is 7.11 Å². The Labute approximate surface area is 189 Å². The quantitative estimate of drug-likeness (QED) is 0.620.